The summed E-state index contributed by atoms with van der Waals surface area (Å²) in [7, 11) is 0. The van der Waals surface area contributed by atoms with Crippen molar-refractivity contribution in [1.29, 1.82) is 0 Å². The third-order valence-corrected chi connectivity index (χ3v) is 5.39. The summed E-state index contributed by atoms with van der Waals surface area (Å²) in [6.07, 6.45) is 6.33. The third-order valence-electron chi connectivity index (χ3n) is 5.07. The van der Waals surface area contributed by atoms with Crippen LogP contribution in [0, 0.1) is 12.3 Å². The van der Waals surface area contributed by atoms with E-state index >= 15 is 0 Å². The van der Waals surface area contributed by atoms with Crippen molar-refractivity contribution in [3.63, 3.8) is 0 Å². The standard InChI is InChI=1S/C19H21ClN4O/c1-13-22-7-8-24(13)12-19(5-6-19)11-21-10-14-9-17(25)15-3-2-4-16(20)18(15)23-14/h2-4,7-9,21H,5-6,10-12H2,1H3,(H,23,25). The molecule has 2 N–H and O–H groups in total. The number of rotatable bonds is 6. The highest BCUT2D eigenvalue weighted by Gasteiger charge is 2.42. The molecule has 1 saturated carbocycles. The van der Waals surface area contributed by atoms with Gasteiger partial charge in [-0.15, -0.1) is 0 Å². The Balaban J connectivity index is 1.44. The fourth-order valence-electron chi connectivity index (χ4n) is 3.35. The second-order valence-corrected chi connectivity index (χ2v) is 7.43. The molecule has 0 saturated heterocycles. The number of halogens is 1. The van der Waals surface area contributed by atoms with E-state index in [2.05, 4.69) is 19.9 Å². The zero-order chi connectivity index (χ0) is 17.4. The van der Waals surface area contributed by atoms with Gasteiger partial charge in [0.2, 0.25) is 0 Å². The van der Waals surface area contributed by atoms with Gasteiger partial charge in [0.05, 0.1) is 10.5 Å². The van der Waals surface area contributed by atoms with Crippen molar-refractivity contribution in [2.45, 2.75) is 32.9 Å². The lowest BCUT2D eigenvalue weighted by Crippen LogP contribution is -2.28. The number of nitrogens with one attached hydrogen (secondary N) is 2. The summed E-state index contributed by atoms with van der Waals surface area (Å²) in [5.41, 5.74) is 1.88. The van der Waals surface area contributed by atoms with Gasteiger partial charge >= 0.3 is 0 Å². The number of H-pyrrole nitrogens is 1. The molecule has 2 heterocycles. The predicted octanol–water partition coefficient (Wildman–Crippen LogP) is 3.26. The Bertz CT molecular complexity index is 971. The average Bonchev–Trinajstić information content (AvgIpc) is 3.23. The Hall–Kier alpha value is -2.11. The lowest BCUT2D eigenvalue weighted by atomic mass is 10.1. The van der Waals surface area contributed by atoms with Gasteiger partial charge in [0.15, 0.2) is 5.43 Å². The first kappa shape index (κ1) is 16.4. The minimum absolute atomic E-state index is 0.00299. The van der Waals surface area contributed by atoms with Crippen LogP contribution in [0.4, 0.5) is 0 Å². The molecule has 0 amide bonds. The second-order valence-electron chi connectivity index (χ2n) is 7.03. The summed E-state index contributed by atoms with van der Waals surface area (Å²) in [5, 5.41) is 4.71. The van der Waals surface area contributed by atoms with E-state index in [1.54, 1.807) is 24.3 Å². The van der Waals surface area contributed by atoms with Crippen LogP contribution in [0.3, 0.4) is 0 Å². The molecule has 0 bridgehead atoms. The number of nitrogens with zero attached hydrogens (tertiary/aromatic N) is 2. The summed E-state index contributed by atoms with van der Waals surface area (Å²) in [4.78, 5) is 19.8. The molecule has 0 aliphatic heterocycles. The lowest BCUT2D eigenvalue weighted by molar-refractivity contribution is 0.387. The SMILES string of the molecule is Cc1nccn1CC1(CNCc2cc(=O)c3cccc(Cl)c3[nH]2)CC1. The number of aryl methyl sites for hydroxylation is 1. The smallest absolute Gasteiger partial charge is 0.189 e. The summed E-state index contributed by atoms with van der Waals surface area (Å²) >= 11 is 6.21. The number of pyridine rings is 1. The highest BCUT2D eigenvalue weighted by molar-refractivity contribution is 6.35. The van der Waals surface area contributed by atoms with Crippen LogP contribution in [0.5, 0.6) is 0 Å². The van der Waals surface area contributed by atoms with Crippen LogP contribution in [0.25, 0.3) is 10.9 Å². The van der Waals surface area contributed by atoms with Gasteiger partial charge < -0.3 is 14.9 Å². The van der Waals surface area contributed by atoms with Crippen molar-refractivity contribution in [2.75, 3.05) is 6.54 Å². The van der Waals surface area contributed by atoms with Gasteiger partial charge in [-0.25, -0.2) is 4.98 Å². The molecule has 0 unspecified atom stereocenters. The average molecular weight is 357 g/mol. The molecule has 3 aromatic rings. The first-order valence-corrected chi connectivity index (χ1v) is 8.93. The molecule has 6 heteroatoms. The van der Waals surface area contributed by atoms with Crippen LogP contribution >= 0.6 is 11.6 Å². The maximum atomic E-state index is 12.3. The Morgan fingerprint density at radius 3 is 2.96 bits per heavy atom. The van der Waals surface area contributed by atoms with Gasteiger partial charge in [0.1, 0.15) is 5.82 Å². The van der Waals surface area contributed by atoms with Gasteiger partial charge in [-0.1, -0.05) is 17.7 Å². The molecule has 1 aliphatic rings. The molecule has 5 nitrogen and oxygen atoms in total. The Kier molecular flexibility index (Phi) is 4.13. The number of imidazole rings is 1. The van der Waals surface area contributed by atoms with E-state index in [1.807, 2.05) is 19.3 Å². The zero-order valence-corrected chi connectivity index (χ0v) is 14.9. The number of hydrogen-bond donors (Lipinski definition) is 2. The molecular weight excluding hydrogens is 336 g/mol. The topological polar surface area (TPSA) is 62.7 Å². The van der Waals surface area contributed by atoms with Gasteiger partial charge in [-0.3, -0.25) is 4.79 Å². The molecule has 4 rings (SSSR count). The number of aromatic amines is 1. The Morgan fingerprint density at radius 2 is 2.24 bits per heavy atom. The summed E-state index contributed by atoms with van der Waals surface area (Å²) in [6, 6.07) is 7.05. The molecule has 0 radical (unpaired) electrons. The lowest BCUT2D eigenvalue weighted by Gasteiger charge is -2.18. The number of benzene rings is 1. The van der Waals surface area contributed by atoms with Crippen LogP contribution in [0.15, 0.2) is 41.5 Å². The van der Waals surface area contributed by atoms with Crippen LogP contribution in [-0.2, 0) is 13.1 Å². The molecular formula is C19H21ClN4O. The van der Waals surface area contributed by atoms with Gasteiger partial charge in [-0.05, 0) is 31.9 Å². The maximum absolute atomic E-state index is 12.3. The number of para-hydroxylation sites is 1. The highest BCUT2D eigenvalue weighted by atomic mass is 35.5. The van der Waals surface area contributed by atoms with E-state index < -0.39 is 0 Å². The molecule has 1 fully saturated rings. The molecule has 0 atom stereocenters. The van der Waals surface area contributed by atoms with Crippen molar-refractivity contribution >= 4 is 22.5 Å². The molecule has 25 heavy (non-hydrogen) atoms. The van der Waals surface area contributed by atoms with Crippen LogP contribution < -0.4 is 10.7 Å². The molecule has 2 aromatic heterocycles. The first-order valence-electron chi connectivity index (χ1n) is 8.55. The normalized spacial score (nSPS) is 15.6. The third kappa shape index (κ3) is 3.34. The molecule has 1 aromatic carbocycles. The van der Waals surface area contributed by atoms with Crippen molar-refractivity contribution in [3.8, 4) is 0 Å². The monoisotopic (exact) mass is 356 g/mol. The first-order chi connectivity index (χ1) is 12.1. The van der Waals surface area contributed by atoms with Crippen LogP contribution in [0.1, 0.15) is 24.4 Å². The van der Waals surface area contributed by atoms with Crippen molar-refractivity contribution < 1.29 is 0 Å². The van der Waals surface area contributed by atoms with Gasteiger partial charge in [0, 0.05) is 54.6 Å². The summed E-state index contributed by atoms with van der Waals surface area (Å²) < 4.78 is 2.21. The van der Waals surface area contributed by atoms with Crippen molar-refractivity contribution in [3.05, 3.63) is 63.4 Å². The number of aromatic nitrogens is 3. The summed E-state index contributed by atoms with van der Waals surface area (Å²) in [6.45, 7) is 4.58. The number of fused-ring (bicyclic) bond motifs is 1. The molecule has 130 valence electrons. The van der Waals surface area contributed by atoms with E-state index in [1.165, 1.54) is 12.8 Å². The fourth-order valence-corrected chi connectivity index (χ4v) is 3.57. The van der Waals surface area contributed by atoms with Crippen LogP contribution in [0.2, 0.25) is 5.02 Å². The van der Waals surface area contributed by atoms with E-state index in [4.69, 9.17) is 11.6 Å². The van der Waals surface area contributed by atoms with E-state index in [0.717, 1.165) is 24.6 Å². The minimum Gasteiger partial charge on any atom is -0.356 e. The zero-order valence-electron chi connectivity index (χ0n) is 14.2. The largest absolute Gasteiger partial charge is 0.356 e. The predicted molar refractivity (Wildman–Crippen MR) is 99.9 cm³/mol. The highest BCUT2D eigenvalue weighted by Crippen LogP contribution is 2.46. The van der Waals surface area contributed by atoms with Crippen molar-refractivity contribution in [2.24, 2.45) is 5.41 Å². The number of hydrogen-bond acceptors (Lipinski definition) is 3. The van der Waals surface area contributed by atoms with E-state index in [9.17, 15) is 4.79 Å². The second kappa shape index (κ2) is 6.32. The van der Waals surface area contributed by atoms with Crippen molar-refractivity contribution in [1.82, 2.24) is 19.9 Å². The maximum Gasteiger partial charge on any atom is 0.189 e. The summed E-state index contributed by atoms with van der Waals surface area (Å²) in [5.74, 6) is 1.06. The van der Waals surface area contributed by atoms with Crippen LogP contribution in [-0.4, -0.2) is 21.1 Å². The molecule has 1 aliphatic carbocycles. The Labute approximate surface area is 151 Å². The van der Waals surface area contributed by atoms with Gasteiger partial charge in [0.25, 0.3) is 0 Å². The van der Waals surface area contributed by atoms with E-state index in [-0.39, 0.29) is 5.43 Å². The fraction of sp³-hybridized carbons (Fsp3) is 0.368. The minimum atomic E-state index is 0.00299. The Morgan fingerprint density at radius 1 is 1.40 bits per heavy atom. The quantitative estimate of drug-likeness (QED) is 0.712. The molecule has 0 spiro atoms. The van der Waals surface area contributed by atoms with Gasteiger partial charge in [-0.2, -0.15) is 0 Å². The van der Waals surface area contributed by atoms with E-state index in [0.29, 0.717) is 27.9 Å².